The van der Waals surface area contributed by atoms with Crippen LogP contribution < -0.4 is 10.2 Å². The van der Waals surface area contributed by atoms with Gasteiger partial charge in [0, 0.05) is 6.21 Å². The number of allylic oxidation sites excluding steroid dienone is 2. The summed E-state index contributed by atoms with van der Waals surface area (Å²) in [5, 5.41) is 3.68. The topological polar surface area (TPSA) is 50.7 Å². The zero-order chi connectivity index (χ0) is 11.6. The first-order valence-corrected chi connectivity index (χ1v) is 4.94. The highest BCUT2D eigenvalue weighted by Gasteiger charge is 1.99. The van der Waals surface area contributed by atoms with Gasteiger partial charge in [-0.3, -0.25) is 4.79 Å². The van der Waals surface area contributed by atoms with Gasteiger partial charge in [-0.05, 0) is 25.1 Å². The highest BCUT2D eigenvalue weighted by atomic mass is 16.5. The average Bonchev–Trinajstić information content (AvgIpc) is 2.33. The van der Waals surface area contributed by atoms with Crippen LogP contribution in [0.2, 0.25) is 0 Å². The van der Waals surface area contributed by atoms with Crippen LogP contribution in [0.4, 0.5) is 0 Å². The van der Waals surface area contributed by atoms with Crippen LogP contribution in [0.25, 0.3) is 0 Å². The third kappa shape index (κ3) is 4.95. The zero-order valence-electron chi connectivity index (χ0n) is 9.09. The third-order valence-corrected chi connectivity index (χ3v) is 1.66. The number of nitrogens with one attached hydrogen (secondary N) is 1. The molecule has 84 valence electrons. The highest BCUT2D eigenvalue weighted by molar-refractivity contribution is 5.79. The van der Waals surface area contributed by atoms with Gasteiger partial charge >= 0.3 is 0 Å². The fourth-order valence-electron chi connectivity index (χ4n) is 0.936. The van der Waals surface area contributed by atoms with E-state index in [1.54, 1.807) is 18.2 Å². The largest absolute Gasteiger partial charge is 0.484 e. The van der Waals surface area contributed by atoms with E-state index in [-0.39, 0.29) is 12.5 Å². The summed E-state index contributed by atoms with van der Waals surface area (Å²) in [5.41, 5.74) is 2.34. The number of nitrogens with zero attached hydrogens (tertiary/aromatic N) is 1. The summed E-state index contributed by atoms with van der Waals surface area (Å²) in [6.45, 7) is 1.82. The first kappa shape index (κ1) is 12.0. The molecule has 1 N–H and O–H groups in total. The van der Waals surface area contributed by atoms with Crippen molar-refractivity contribution in [3.8, 4) is 5.75 Å². The molecule has 0 radical (unpaired) electrons. The van der Waals surface area contributed by atoms with E-state index in [4.69, 9.17) is 4.74 Å². The molecule has 0 aliphatic carbocycles. The Morgan fingerprint density at radius 2 is 2.19 bits per heavy atom. The summed E-state index contributed by atoms with van der Waals surface area (Å²) >= 11 is 0. The van der Waals surface area contributed by atoms with Gasteiger partial charge in [0.2, 0.25) is 0 Å². The molecule has 0 saturated carbocycles. The van der Waals surface area contributed by atoms with Gasteiger partial charge in [0.1, 0.15) is 5.75 Å². The Morgan fingerprint density at radius 1 is 1.44 bits per heavy atom. The molecule has 0 atom stereocenters. The third-order valence-electron chi connectivity index (χ3n) is 1.66. The van der Waals surface area contributed by atoms with Gasteiger partial charge in [0.15, 0.2) is 6.61 Å². The number of carbonyl (C=O) groups is 1. The Balaban J connectivity index is 2.25. The van der Waals surface area contributed by atoms with Crippen molar-refractivity contribution >= 4 is 12.1 Å². The van der Waals surface area contributed by atoms with Crippen LogP contribution in [0.3, 0.4) is 0 Å². The number of benzene rings is 1. The minimum atomic E-state index is -0.287. The number of hydrazone groups is 1. The molecule has 0 aliphatic rings. The van der Waals surface area contributed by atoms with Gasteiger partial charge in [-0.2, -0.15) is 5.10 Å². The van der Waals surface area contributed by atoms with E-state index in [0.29, 0.717) is 5.75 Å². The van der Waals surface area contributed by atoms with Crippen LogP contribution in [0.15, 0.2) is 47.6 Å². The van der Waals surface area contributed by atoms with Crippen LogP contribution in [-0.2, 0) is 4.79 Å². The van der Waals surface area contributed by atoms with Crippen molar-refractivity contribution in [2.24, 2.45) is 5.10 Å². The Morgan fingerprint density at radius 3 is 2.88 bits per heavy atom. The van der Waals surface area contributed by atoms with E-state index in [9.17, 15) is 4.79 Å². The SMILES string of the molecule is CC=CC=NNC(=O)COc1ccccc1. The molecule has 16 heavy (non-hydrogen) atoms. The van der Waals surface area contributed by atoms with Crippen molar-refractivity contribution in [2.75, 3.05) is 6.61 Å². The molecule has 1 aromatic rings. The number of amides is 1. The molecule has 0 bridgehead atoms. The molecule has 0 saturated heterocycles. The molecule has 0 spiro atoms. The van der Waals surface area contributed by atoms with Gasteiger partial charge in [0.25, 0.3) is 5.91 Å². The van der Waals surface area contributed by atoms with Crippen molar-refractivity contribution in [3.05, 3.63) is 42.5 Å². The van der Waals surface area contributed by atoms with E-state index in [0.717, 1.165) is 0 Å². The summed E-state index contributed by atoms with van der Waals surface area (Å²) < 4.78 is 5.22. The molecule has 0 heterocycles. The summed E-state index contributed by atoms with van der Waals surface area (Å²) in [6, 6.07) is 9.15. The number of hydrogen-bond donors (Lipinski definition) is 1. The van der Waals surface area contributed by atoms with E-state index >= 15 is 0 Å². The smallest absolute Gasteiger partial charge is 0.277 e. The van der Waals surface area contributed by atoms with Gasteiger partial charge in [-0.15, -0.1) is 0 Å². The molecule has 0 fully saturated rings. The van der Waals surface area contributed by atoms with Crippen LogP contribution in [0.5, 0.6) is 5.75 Å². The van der Waals surface area contributed by atoms with Crippen LogP contribution in [0, 0.1) is 0 Å². The molecule has 0 aliphatic heterocycles. The fraction of sp³-hybridized carbons (Fsp3) is 0.167. The lowest BCUT2D eigenvalue weighted by Gasteiger charge is -2.03. The zero-order valence-corrected chi connectivity index (χ0v) is 9.09. The predicted molar refractivity (Wildman–Crippen MR) is 63.4 cm³/mol. The van der Waals surface area contributed by atoms with E-state index < -0.39 is 0 Å². The second-order valence-corrected chi connectivity index (χ2v) is 2.94. The molecular weight excluding hydrogens is 204 g/mol. The Labute approximate surface area is 94.6 Å². The lowest BCUT2D eigenvalue weighted by atomic mass is 10.3. The summed E-state index contributed by atoms with van der Waals surface area (Å²) in [4.78, 5) is 11.2. The van der Waals surface area contributed by atoms with E-state index in [1.165, 1.54) is 6.21 Å². The Bertz CT molecular complexity index is 372. The molecule has 1 amide bonds. The fourth-order valence-corrected chi connectivity index (χ4v) is 0.936. The number of ether oxygens (including phenoxy) is 1. The molecule has 0 unspecified atom stereocenters. The predicted octanol–water partition coefficient (Wildman–Crippen LogP) is 1.74. The van der Waals surface area contributed by atoms with E-state index in [1.807, 2.05) is 31.2 Å². The summed E-state index contributed by atoms with van der Waals surface area (Å²) in [5.74, 6) is 0.375. The molecule has 1 aromatic carbocycles. The molecule has 4 nitrogen and oxygen atoms in total. The van der Waals surface area contributed by atoms with Crippen LogP contribution in [-0.4, -0.2) is 18.7 Å². The molecular formula is C12H14N2O2. The van der Waals surface area contributed by atoms with Crippen molar-refractivity contribution in [3.63, 3.8) is 0 Å². The van der Waals surface area contributed by atoms with Crippen molar-refractivity contribution in [1.29, 1.82) is 0 Å². The lowest BCUT2D eigenvalue weighted by Crippen LogP contribution is -2.24. The average molecular weight is 218 g/mol. The van der Waals surface area contributed by atoms with Gasteiger partial charge < -0.3 is 4.74 Å². The first-order chi connectivity index (χ1) is 7.83. The molecule has 0 aromatic heterocycles. The van der Waals surface area contributed by atoms with Crippen molar-refractivity contribution in [1.82, 2.24) is 5.43 Å². The summed E-state index contributed by atoms with van der Waals surface area (Å²) in [6.07, 6.45) is 5.04. The Kier molecular flexibility index (Phi) is 5.41. The van der Waals surface area contributed by atoms with E-state index in [2.05, 4.69) is 10.5 Å². The number of hydrogen-bond acceptors (Lipinski definition) is 3. The minimum Gasteiger partial charge on any atom is -0.484 e. The maximum atomic E-state index is 11.2. The first-order valence-electron chi connectivity index (χ1n) is 4.94. The lowest BCUT2D eigenvalue weighted by molar-refractivity contribution is -0.123. The standard InChI is InChI=1S/C12H14N2O2/c1-2-3-9-13-14-12(15)10-16-11-7-5-4-6-8-11/h2-9H,10H2,1H3,(H,14,15). The second-order valence-electron chi connectivity index (χ2n) is 2.94. The number of carbonyl (C=O) groups excluding carboxylic acids is 1. The Hall–Kier alpha value is -2.10. The molecule has 1 rings (SSSR count). The van der Waals surface area contributed by atoms with Crippen LogP contribution in [0.1, 0.15) is 6.92 Å². The van der Waals surface area contributed by atoms with Crippen molar-refractivity contribution < 1.29 is 9.53 Å². The van der Waals surface area contributed by atoms with Crippen LogP contribution >= 0.6 is 0 Å². The van der Waals surface area contributed by atoms with Gasteiger partial charge in [-0.25, -0.2) is 5.43 Å². The number of rotatable bonds is 5. The summed E-state index contributed by atoms with van der Waals surface area (Å²) in [7, 11) is 0. The monoisotopic (exact) mass is 218 g/mol. The quantitative estimate of drug-likeness (QED) is 0.604. The maximum absolute atomic E-state index is 11.2. The number of para-hydroxylation sites is 1. The minimum absolute atomic E-state index is 0.0445. The van der Waals surface area contributed by atoms with Gasteiger partial charge in [-0.1, -0.05) is 24.3 Å². The highest BCUT2D eigenvalue weighted by Crippen LogP contribution is 2.07. The maximum Gasteiger partial charge on any atom is 0.277 e. The normalized spacial score (nSPS) is 10.8. The molecule has 4 heteroatoms. The second kappa shape index (κ2) is 7.23. The van der Waals surface area contributed by atoms with Crippen molar-refractivity contribution in [2.45, 2.75) is 6.92 Å². The van der Waals surface area contributed by atoms with Gasteiger partial charge in [0.05, 0.1) is 0 Å².